The number of hydrogen-bond acceptors (Lipinski definition) is 8. The number of rotatable bonds is 7. The number of tetrazole rings is 1. The molecule has 1 atom stereocenters. The van der Waals surface area contributed by atoms with Gasteiger partial charge in [0.2, 0.25) is 5.82 Å². The zero-order chi connectivity index (χ0) is 23.3. The molecule has 2 aromatic carbocycles. The summed E-state index contributed by atoms with van der Waals surface area (Å²) in [6, 6.07) is 22.4. The smallest absolute Gasteiger partial charge is 0.266 e. The number of pyridine rings is 1. The van der Waals surface area contributed by atoms with Crippen LogP contribution in [0.4, 0.5) is 5.82 Å². The normalized spacial score (nSPS) is 14.9. The predicted molar refractivity (Wildman–Crippen MR) is 123 cm³/mol. The van der Waals surface area contributed by atoms with E-state index in [0.29, 0.717) is 29.5 Å². The molecule has 0 bridgehead atoms. The molecule has 10 heteroatoms. The number of carbonyl (C=O) groups is 1. The van der Waals surface area contributed by atoms with Gasteiger partial charge in [-0.25, -0.2) is 9.67 Å². The van der Waals surface area contributed by atoms with Gasteiger partial charge in [-0.3, -0.25) is 4.79 Å². The Morgan fingerprint density at radius 1 is 1.12 bits per heavy atom. The molecule has 170 valence electrons. The third kappa shape index (κ3) is 4.60. The van der Waals surface area contributed by atoms with Gasteiger partial charge in [0.25, 0.3) is 5.91 Å². The number of anilines is 1. The fourth-order valence-electron chi connectivity index (χ4n) is 3.58. The number of carbonyl (C=O) groups excluding carboxylic acids is 1. The Morgan fingerprint density at radius 2 is 1.94 bits per heavy atom. The van der Waals surface area contributed by atoms with E-state index in [4.69, 9.17) is 9.57 Å². The average molecular weight is 455 g/mol. The van der Waals surface area contributed by atoms with Crippen LogP contribution in [0.1, 0.15) is 22.6 Å². The Hall–Kier alpha value is -4.60. The Kier molecular flexibility index (Phi) is 5.93. The molecule has 0 saturated heterocycles. The van der Waals surface area contributed by atoms with Crippen molar-refractivity contribution in [3.8, 4) is 5.75 Å². The lowest BCUT2D eigenvalue weighted by molar-refractivity contribution is -0.122. The highest BCUT2D eigenvalue weighted by Gasteiger charge is 2.29. The molecule has 10 nitrogen and oxygen atoms in total. The van der Waals surface area contributed by atoms with Gasteiger partial charge in [0.15, 0.2) is 18.4 Å². The Labute approximate surface area is 195 Å². The fourth-order valence-corrected chi connectivity index (χ4v) is 3.58. The second-order valence-electron chi connectivity index (χ2n) is 7.63. The maximum Gasteiger partial charge on any atom is 0.266 e. The number of nitrogens with one attached hydrogen (secondary N) is 1. The Balaban J connectivity index is 1.25. The molecule has 0 aliphatic carbocycles. The summed E-state index contributed by atoms with van der Waals surface area (Å²) in [6.07, 6.45) is -0.0595. The van der Waals surface area contributed by atoms with Gasteiger partial charge in [-0.2, -0.15) is 0 Å². The molecule has 3 heterocycles. The zero-order valence-corrected chi connectivity index (χ0v) is 18.3. The number of nitrogens with zero attached hydrogens (tertiary/aromatic N) is 6. The predicted octanol–water partition coefficient (Wildman–Crippen LogP) is 2.52. The maximum atomic E-state index is 12.7. The van der Waals surface area contributed by atoms with E-state index in [2.05, 4.69) is 31.0 Å². The van der Waals surface area contributed by atoms with Crippen molar-refractivity contribution in [2.75, 3.05) is 5.32 Å². The fraction of sp³-hybridized carbons (Fsp3) is 0.167. The Bertz CT molecular complexity index is 1310. The van der Waals surface area contributed by atoms with Crippen molar-refractivity contribution in [2.45, 2.75) is 19.1 Å². The van der Waals surface area contributed by atoms with Crippen molar-refractivity contribution in [3.63, 3.8) is 0 Å². The van der Waals surface area contributed by atoms with Crippen LogP contribution in [0.15, 0.2) is 78.0 Å². The van der Waals surface area contributed by atoms with Gasteiger partial charge in [-0.15, -0.1) is 5.10 Å². The van der Waals surface area contributed by atoms with Crippen LogP contribution in [0, 0.1) is 0 Å². The second-order valence-corrected chi connectivity index (χ2v) is 7.63. The summed E-state index contributed by atoms with van der Waals surface area (Å²) in [7, 11) is 1.73. The van der Waals surface area contributed by atoms with Gasteiger partial charge in [0.1, 0.15) is 11.6 Å². The van der Waals surface area contributed by atoms with Gasteiger partial charge in [-0.05, 0) is 34.2 Å². The molecule has 2 aromatic heterocycles. The van der Waals surface area contributed by atoms with Gasteiger partial charge in [-0.1, -0.05) is 59.8 Å². The lowest BCUT2D eigenvalue weighted by atomic mass is 10.1. The van der Waals surface area contributed by atoms with E-state index < -0.39 is 6.10 Å². The monoisotopic (exact) mass is 455 g/mol. The topological polar surface area (TPSA) is 116 Å². The molecule has 1 unspecified atom stereocenters. The summed E-state index contributed by atoms with van der Waals surface area (Å²) in [5.41, 5.74) is 2.92. The standard InChI is InChI=1S/C24H21N7O3/c1-31-23(27-29-30-31)22(16-8-3-2-4-9-16)28-33-15-18-11-7-13-21(25-18)26-24(32)20-14-17-10-5-6-12-19(17)34-20/h2-13,20H,14-15H2,1H3,(H,25,26,32)/b28-22-. The van der Waals surface area contributed by atoms with Crippen LogP contribution in [-0.4, -0.2) is 42.9 Å². The lowest BCUT2D eigenvalue weighted by Crippen LogP contribution is -2.31. The van der Waals surface area contributed by atoms with E-state index >= 15 is 0 Å². The molecule has 0 fully saturated rings. The molecular formula is C24H21N7O3. The molecule has 1 aliphatic rings. The minimum absolute atomic E-state index is 0.0939. The molecule has 0 radical (unpaired) electrons. The quantitative estimate of drug-likeness (QED) is 0.336. The van der Waals surface area contributed by atoms with Crippen LogP contribution in [0.5, 0.6) is 5.75 Å². The number of aromatic nitrogens is 5. The van der Waals surface area contributed by atoms with Crippen molar-refractivity contribution in [3.05, 3.63) is 95.4 Å². The molecule has 1 amide bonds. The first kappa shape index (κ1) is 21.3. The highest BCUT2D eigenvalue weighted by Crippen LogP contribution is 2.28. The van der Waals surface area contributed by atoms with Gasteiger partial charge < -0.3 is 14.9 Å². The molecule has 4 aromatic rings. The summed E-state index contributed by atoms with van der Waals surface area (Å²) in [6.45, 7) is 0.0939. The first-order chi connectivity index (χ1) is 16.7. The van der Waals surface area contributed by atoms with Crippen molar-refractivity contribution < 1.29 is 14.4 Å². The number of ether oxygens (including phenoxy) is 1. The average Bonchev–Trinajstić information content (AvgIpc) is 3.49. The van der Waals surface area contributed by atoms with Crippen LogP contribution >= 0.6 is 0 Å². The lowest BCUT2D eigenvalue weighted by Gasteiger charge is -2.11. The summed E-state index contributed by atoms with van der Waals surface area (Å²) in [5.74, 6) is 1.37. The third-order valence-electron chi connectivity index (χ3n) is 5.25. The molecule has 0 spiro atoms. The molecule has 1 aliphatic heterocycles. The molecule has 34 heavy (non-hydrogen) atoms. The number of aryl methyl sites for hydroxylation is 1. The van der Waals surface area contributed by atoms with Crippen LogP contribution in [-0.2, 0) is 29.7 Å². The van der Waals surface area contributed by atoms with E-state index in [9.17, 15) is 4.79 Å². The largest absolute Gasteiger partial charge is 0.480 e. The number of benzene rings is 2. The molecule has 5 rings (SSSR count). The molecule has 0 saturated carbocycles. The third-order valence-corrected chi connectivity index (χ3v) is 5.25. The number of fused-ring (bicyclic) bond motifs is 1. The van der Waals surface area contributed by atoms with E-state index in [1.165, 1.54) is 4.68 Å². The van der Waals surface area contributed by atoms with E-state index in [-0.39, 0.29) is 12.5 Å². The highest BCUT2D eigenvalue weighted by molar-refractivity contribution is 6.10. The SMILES string of the molecule is Cn1nnnc1/C(=N\OCc1cccc(NC(=O)C2Cc3ccccc3O2)n1)c1ccccc1. The molecular weight excluding hydrogens is 434 g/mol. The van der Waals surface area contributed by atoms with Crippen LogP contribution < -0.4 is 10.1 Å². The maximum absolute atomic E-state index is 12.7. The van der Waals surface area contributed by atoms with E-state index in [0.717, 1.165) is 16.9 Å². The minimum atomic E-state index is -0.586. The summed E-state index contributed by atoms with van der Waals surface area (Å²) >= 11 is 0. The van der Waals surface area contributed by atoms with Crippen LogP contribution in [0.25, 0.3) is 0 Å². The van der Waals surface area contributed by atoms with Gasteiger partial charge in [0, 0.05) is 19.0 Å². The first-order valence-corrected chi connectivity index (χ1v) is 10.7. The van der Waals surface area contributed by atoms with Gasteiger partial charge >= 0.3 is 0 Å². The number of para-hydroxylation sites is 1. The first-order valence-electron chi connectivity index (χ1n) is 10.7. The zero-order valence-electron chi connectivity index (χ0n) is 18.3. The van der Waals surface area contributed by atoms with Crippen molar-refractivity contribution in [1.82, 2.24) is 25.2 Å². The minimum Gasteiger partial charge on any atom is -0.480 e. The summed E-state index contributed by atoms with van der Waals surface area (Å²) < 4.78 is 7.27. The summed E-state index contributed by atoms with van der Waals surface area (Å²) in [4.78, 5) is 22.7. The number of amides is 1. The molecule has 1 N–H and O–H groups in total. The van der Waals surface area contributed by atoms with Crippen LogP contribution in [0.2, 0.25) is 0 Å². The van der Waals surface area contributed by atoms with Gasteiger partial charge in [0.05, 0.1) is 5.69 Å². The number of hydrogen-bond donors (Lipinski definition) is 1. The van der Waals surface area contributed by atoms with E-state index in [1.54, 1.807) is 25.2 Å². The van der Waals surface area contributed by atoms with E-state index in [1.807, 2.05) is 54.6 Å². The summed E-state index contributed by atoms with van der Waals surface area (Å²) in [5, 5.41) is 18.7. The number of oxime groups is 1. The van der Waals surface area contributed by atoms with Crippen molar-refractivity contribution in [2.24, 2.45) is 12.2 Å². The van der Waals surface area contributed by atoms with Crippen molar-refractivity contribution >= 4 is 17.4 Å². The van der Waals surface area contributed by atoms with Crippen LogP contribution in [0.3, 0.4) is 0 Å². The Morgan fingerprint density at radius 3 is 2.74 bits per heavy atom. The highest BCUT2D eigenvalue weighted by atomic mass is 16.6. The second kappa shape index (κ2) is 9.49. The van der Waals surface area contributed by atoms with Crippen molar-refractivity contribution in [1.29, 1.82) is 0 Å².